The Morgan fingerprint density at radius 1 is 1.00 bits per heavy atom. The number of amides is 1. The molecule has 0 unspecified atom stereocenters. The molecule has 0 aliphatic heterocycles. The molecule has 0 aliphatic rings. The molecule has 0 spiro atoms. The van der Waals surface area contributed by atoms with Gasteiger partial charge in [-0.3, -0.25) is 14.8 Å². The number of fused-ring (bicyclic) bond motifs is 1. The largest absolute Gasteiger partial charge is 0.417 e. The maximum absolute atomic E-state index is 13.2. The van der Waals surface area contributed by atoms with Crippen molar-refractivity contribution in [3.8, 4) is 0 Å². The summed E-state index contributed by atoms with van der Waals surface area (Å²) >= 11 is 0. The number of alkyl halides is 6. The summed E-state index contributed by atoms with van der Waals surface area (Å²) in [5.74, 6) is -0.774. The number of aromatic nitrogens is 2. The second kappa shape index (κ2) is 7.10. The van der Waals surface area contributed by atoms with Crippen molar-refractivity contribution in [2.24, 2.45) is 0 Å². The van der Waals surface area contributed by atoms with Crippen molar-refractivity contribution >= 4 is 16.8 Å². The molecule has 2 heterocycles. The van der Waals surface area contributed by atoms with E-state index in [1.807, 2.05) is 0 Å². The van der Waals surface area contributed by atoms with Crippen LogP contribution in [0.25, 0.3) is 10.9 Å². The standard InChI is InChI=1S/C18H11F6N3O/c19-17(20,21)13-3-1-2-10(15(13)18(22,23)24)8-27-16(28)12-6-11-7-25-5-4-14(11)26-9-12/h1-7,9H,8H2,(H,27,28). The fourth-order valence-corrected chi connectivity index (χ4v) is 2.69. The average molecular weight is 399 g/mol. The molecule has 3 rings (SSSR count). The third-order valence-electron chi connectivity index (χ3n) is 3.92. The molecule has 146 valence electrons. The van der Waals surface area contributed by atoms with Gasteiger partial charge in [0.05, 0.1) is 22.2 Å². The maximum atomic E-state index is 13.2. The van der Waals surface area contributed by atoms with Crippen LogP contribution in [0, 0.1) is 0 Å². The van der Waals surface area contributed by atoms with Gasteiger partial charge in [0, 0.05) is 30.5 Å². The Labute approximate surface area is 154 Å². The van der Waals surface area contributed by atoms with E-state index in [0.29, 0.717) is 17.0 Å². The molecule has 0 atom stereocenters. The minimum Gasteiger partial charge on any atom is -0.348 e. The van der Waals surface area contributed by atoms with Crippen LogP contribution in [0.1, 0.15) is 27.0 Å². The third kappa shape index (κ3) is 4.05. The van der Waals surface area contributed by atoms with E-state index in [-0.39, 0.29) is 5.56 Å². The van der Waals surface area contributed by atoms with Crippen LogP contribution in [0.2, 0.25) is 0 Å². The first kappa shape index (κ1) is 19.6. The molecule has 1 N–H and O–H groups in total. The number of hydrogen-bond donors (Lipinski definition) is 1. The van der Waals surface area contributed by atoms with Gasteiger partial charge in [0.2, 0.25) is 0 Å². The van der Waals surface area contributed by atoms with Gasteiger partial charge < -0.3 is 5.32 Å². The lowest BCUT2D eigenvalue weighted by atomic mass is 9.99. The van der Waals surface area contributed by atoms with Crippen molar-refractivity contribution in [1.29, 1.82) is 0 Å². The summed E-state index contributed by atoms with van der Waals surface area (Å²) in [5, 5.41) is 2.74. The van der Waals surface area contributed by atoms with Gasteiger partial charge in [-0.05, 0) is 23.8 Å². The Hall–Kier alpha value is -3.17. The lowest BCUT2D eigenvalue weighted by Crippen LogP contribution is -2.26. The summed E-state index contributed by atoms with van der Waals surface area (Å²) in [6, 6.07) is 5.15. The van der Waals surface area contributed by atoms with Gasteiger partial charge in [-0.2, -0.15) is 26.3 Å². The van der Waals surface area contributed by atoms with Crippen LogP contribution in [0.5, 0.6) is 0 Å². The number of nitrogens with one attached hydrogen (secondary N) is 1. The molecule has 10 heteroatoms. The Bertz CT molecular complexity index is 1030. The molecular weight excluding hydrogens is 388 g/mol. The SMILES string of the molecule is O=C(NCc1cccc(C(F)(F)F)c1C(F)(F)F)c1cnc2ccncc2c1. The minimum atomic E-state index is -5.23. The number of rotatable bonds is 3. The molecule has 1 amide bonds. The predicted molar refractivity (Wildman–Crippen MR) is 87.2 cm³/mol. The van der Waals surface area contributed by atoms with Crippen LogP contribution in [0.4, 0.5) is 26.3 Å². The van der Waals surface area contributed by atoms with Gasteiger partial charge in [-0.15, -0.1) is 0 Å². The van der Waals surface area contributed by atoms with Gasteiger partial charge >= 0.3 is 12.4 Å². The summed E-state index contributed by atoms with van der Waals surface area (Å²) in [4.78, 5) is 20.1. The highest BCUT2D eigenvalue weighted by Gasteiger charge is 2.44. The number of pyridine rings is 2. The molecule has 28 heavy (non-hydrogen) atoms. The summed E-state index contributed by atoms with van der Waals surface area (Å²) in [5.41, 5.74) is -3.70. The van der Waals surface area contributed by atoms with E-state index in [2.05, 4.69) is 15.3 Å². The monoisotopic (exact) mass is 399 g/mol. The van der Waals surface area contributed by atoms with Crippen molar-refractivity contribution in [3.05, 3.63) is 71.2 Å². The van der Waals surface area contributed by atoms with Gasteiger partial charge in [-0.1, -0.05) is 12.1 Å². The molecule has 0 saturated heterocycles. The summed E-state index contributed by atoms with van der Waals surface area (Å²) in [6.45, 7) is -0.733. The zero-order chi connectivity index (χ0) is 20.5. The van der Waals surface area contributed by atoms with Crippen molar-refractivity contribution in [1.82, 2.24) is 15.3 Å². The first-order valence-corrected chi connectivity index (χ1v) is 7.81. The lowest BCUT2D eigenvalue weighted by molar-refractivity contribution is -0.162. The number of benzene rings is 1. The van der Waals surface area contributed by atoms with Crippen molar-refractivity contribution < 1.29 is 31.1 Å². The van der Waals surface area contributed by atoms with E-state index >= 15 is 0 Å². The third-order valence-corrected chi connectivity index (χ3v) is 3.92. The second-order valence-corrected chi connectivity index (χ2v) is 5.81. The molecule has 0 saturated carbocycles. The van der Waals surface area contributed by atoms with E-state index < -0.39 is 41.5 Å². The number of carbonyl (C=O) groups excluding carboxylic acids is 1. The first-order valence-electron chi connectivity index (χ1n) is 7.81. The molecular formula is C18H11F6N3O. The van der Waals surface area contributed by atoms with E-state index in [1.165, 1.54) is 24.7 Å². The number of nitrogens with zero attached hydrogens (tertiary/aromatic N) is 2. The van der Waals surface area contributed by atoms with E-state index in [4.69, 9.17) is 0 Å². The Kier molecular flexibility index (Phi) is 4.97. The van der Waals surface area contributed by atoms with Crippen LogP contribution in [0.3, 0.4) is 0 Å². The summed E-state index contributed by atoms with van der Waals surface area (Å²) < 4.78 is 78.6. The molecule has 2 aromatic heterocycles. The number of carbonyl (C=O) groups is 1. The average Bonchev–Trinajstić information content (AvgIpc) is 2.64. The predicted octanol–water partition coefficient (Wildman–Crippen LogP) is 4.60. The van der Waals surface area contributed by atoms with E-state index in [9.17, 15) is 31.1 Å². The summed E-state index contributed by atoms with van der Waals surface area (Å²) in [6.07, 6.45) is -6.24. The summed E-state index contributed by atoms with van der Waals surface area (Å²) in [7, 11) is 0. The van der Waals surface area contributed by atoms with Crippen molar-refractivity contribution in [3.63, 3.8) is 0 Å². The number of hydrogen-bond acceptors (Lipinski definition) is 3. The van der Waals surface area contributed by atoms with Crippen LogP contribution in [0.15, 0.2) is 48.9 Å². The Morgan fingerprint density at radius 2 is 1.75 bits per heavy atom. The smallest absolute Gasteiger partial charge is 0.348 e. The van der Waals surface area contributed by atoms with Gasteiger partial charge in [0.1, 0.15) is 0 Å². The molecule has 0 radical (unpaired) electrons. The topological polar surface area (TPSA) is 54.9 Å². The Morgan fingerprint density at radius 3 is 2.43 bits per heavy atom. The molecule has 1 aromatic carbocycles. The van der Waals surface area contributed by atoms with Crippen molar-refractivity contribution in [2.75, 3.05) is 0 Å². The minimum absolute atomic E-state index is 0.0426. The quantitative estimate of drug-likeness (QED) is 0.655. The highest BCUT2D eigenvalue weighted by molar-refractivity contribution is 5.97. The van der Waals surface area contributed by atoms with Crippen LogP contribution in [-0.4, -0.2) is 15.9 Å². The van der Waals surface area contributed by atoms with Gasteiger partial charge in [0.25, 0.3) is 5.91 Å². The maximum Gasteiger partial charge on any atom is 0.417 e. The fraction of sp³-hybridized carbons (Fsp3) is 0.167. The van der Waals surface area contributed by atoms with Crippen LogP contribution >= 0.6 is 0 Å². The Balaban J connectivity index is 1.88. The molecule has 0 fully saturated rings. The highest BCUT2D eigenvalue weighted by atomic mass is 19.4. The van der Waals surface area contributed by atoms with Gasteiger partial charge in [0.15, 0.2) is 0 Å². The molecule has 0 aliphatic carbocycles. The zero-order valence-corrected chi connectivity index (χ0v) is 13.9. The molecule has 0 bridgehead atoms. The normalized spacial score (nSPS) is 12.2. The number of halogens is 6. The van der Waals surface area contributed by atoms with Crippen LogP contribution < -0.4 is 5.32 Å². The lowest BCUT2D eigenvalue weighted by Gasteiger charge is -2.19. The fourth-order valence-electron chi connectivity index (χ4n) is 2.69. The van der Waals surface area contributed by atoms with E-state index in [0.717, 1.165) is 12.1 Å². The van der Waals surface area contributed by atoms with E-state index in [1.54, 1.807) is 6.07 Å². The second-order valence-electron chi connectivity index (χ2n) is 5.81. The van der Waals surface area contributed by atoms with Crippen LogP contribution in [-0.2, 0) is 18.9 Å². The zero-order valence-electron chi connectivity index (χ0n) is 13.9. The first-order chi connectivity index (χ1) is 13.1. The highest BCUT2D eigenvalue weighted by Crippen LogP contribution is 2.42. The van der Waals surface area contributed by atoms with Crippen molar-refractivity contribution in [2.45, 2.75) is 18.9 Å². The van der Waals surface area contributed by atoms with Gasteiger partial charge in [-0.25, -0.2) is 0 Å². The molecule has 4 nitrogen and oxygen atoms in total. The molecule has 3 aromatic rings.